The van der Waals surface area contributed by atoms with Crippen molar-refractivity contribution in [3.8, 4) is 0 Å². The van der Waals surface area contributed by atoms with E-state index in [9.17, 15) is 22.8 Å². The Morgan fingerprint density at radius 1 is 1.14 bits per heavy atom. The molecule has 3 aliphatic heterocycles. The molecule has 1 saturated carbocycles. The molecule has 1 aliphatic carbocycles. The van der Waals surface area contributed by atoms with Gasteiger partial charge >= 0.3 is 12.3 Å². The number of halogens is 3. The van der Waals surface area contributed by atoms with Crippen molar-refractivity contribution in [1.82, 2.24) is 20.0 Å². The van der Waals surface area contributed by atoms with Crippen molar-refractivity contribution >= 4 is 12.0 Å². The fraction of sp³-hybridized carbons (Fsp3) is 0.667. The molecule has 3 saturated heterocycles. The van der Waals surface area contributed by atoms with Gasteiger partial charge in [0.1, 0.15) is 13.3 Å². The highest BCUT2D eigenvalue weighted by Crippen LogP contribution is 2.57. The first-order valence-electron chi connectivity index (χ1n) is 13.9. The van der Waals surface area contributed by atoms with Crippen LogP contribution in [0.2, 0.25) is 0 Å². The normalized spacial score (nSPS) is 24.3. The van der Waals surface area contributed by atoms with Gasteiger partial charge in [0.25, 0.3) is 5.91 Å². The maximum absolute atomic E-state index is 13.3. The molecule has 5 rings (SSSR count). The number of nitrogens with one attached hydrogen (secondary N) is 1. The van der Waals surface area contributed by atoms with Crippen LogP contribution in [0.15, 0.2) is 42.1 Å². The zero-order valence-electron chi connectivity index (χ0n) is 23.2. The van der Waals surface area contributed by atoms with Gasteiger partial charge in [0, 0.05) is 55.8 Å². The van der Waals surface area contributed by atoms with Crippen LogP contribution in [-0.2, 0) is 19.0 Å². The summed E-state index contributed by atoms with van der Waals surface area (Å²) in [6, 6.07) is 9.34. The number of benzene rings is 1. The van der Waals surface area contributed by atoms with Crippen molar-refractivity contribution in [1.29, 1.82) is 0 Å². The number of ether oxygens (including phenoxy) is 3. The molecule has 1 aromatic carbocycles. The predicted octanol–water partition coefficient (Wildman–Crippen LogP) is 3.57. The van der Waals surface area contributed by atoms with Crippen LogP contribution in [0.5, 0.6) is 0 Å². The highest BCUT2D eigenvalue weighted by molar-refractivity contribution is 5.94. The van der Waals surface area contributed by atoms with Gasteiger partial charge in [-0.15, -0.1) is 0 Å². The molecular formula is C30H46F3N5O5. The van der Waals surface area contributed by atoms with Crippen LogP contribution in [-0.4, -0.2) is 106 Å². The number of nitrogens with zero attached hydrogens (tertiary/aromatic N) is 3. The third-order valence-corrected chi connectivity index (χ3v) is 8.84. The van der Waals surface area contributed by atoms with Gasteiger partial charge in [-0.05, 0) is 25.5 Å². The Balaban J connectivity index is 0.00000253. The molecule has 2 atom stereocenters. The van der Waals surface area contributed by atoms with Gasteiger partial charge in [-0.1, -0.05) is 45.2 Å². The van der Waals surface area contributed by atoms with Gasteiger partial charge in [0.05, 0.1) is 31.4 Å². The first-order chi connectivity index (χ1) is 19.6. The summed E-state index contributed by atoms with van der Waals surface area (Å²) in [5.74, 6) is -0.207. The quantitative estimate of drug-likeness (QED) is 0.345. The van der Waals surface area contributed by atoms with Crippen LogP contribution >= 0.6 is 0 Å². The number of hydrogen-bond donors (Lipinski definition) is 2. The molecule has 0 aromatic heterocycles. The molecule has 1 aromatic rings. The lowest BCUT2D eigenvalue weighted by Crippen LogP contribution is -2.61. The second-order valence-corrected chi connectivity index (χ2v) is 11.7. The van der Waals surface area contributed by atoms with Crippen molar-refractivity contribution < 1.29 is 37.0 Å². The van der Waals surface area contributed by atoms with Crippen LogP contribution < -0.4 is 11.1 Å². The summed E-state index contributed by atoms with van der Waals surface area (Å²) in [5, 5.41) is 2.95. The maximum Gasteiger partial charge on any atom is 0.412 e. The van der Waals surface area contributed by atoms with E-state index in [4.69, 9.17) is 19.9 Å². The molecule has 13 heteroatoms. The summed E-state index contributed by atoms with van der Waals surface area (Å²) in [5.41, 5.74) is 5.13. The number of hydrogen-bond acceptors (Lipinski definition) is 8. The molecule has 2 amide bonds. The van der Waals surface area contributed by atoms with Crippen molar-refractivity contribution in [2.75, 3.05) is 73.1 Å². The van der Waals surface area contributed by atoms with Crippen LogP contribution in [0, 0.1) is 16.7 Å². The smallest absolute Gasteiger partial charge is 0.412 e. The van der Waals surface area contributed by atoms with E-state index in [1.54, 1.807) is 16.8 Å². The number of amides is 2. The highest BCUT2D eigenvalue weighted by Gasteiger charge is 2.63. The van der Waals surface area contributed by atoms with E-state index in [1.807, 2.05) is 35.2 Å². The summed E-state index contributed by atoms with van der Waals surface area (Å²) in [6.07, 6.45) is -3.17. The molecule has 4 fully saturated rings. The third-order valence-electron chi connectivity index (χ3n) is 8.84. The van der Waals surface area contributed by atoms with Gasteiger partial charge in [-0.2, -0.15) is 13.2 Å². The number of alkyl halides is 3. The Labute approximate surface area is 252 Å². The molecule has 4 aliphatic rings. The number of carbonyl (C=O) groups excluding carboxylic acids is 2. The molecule has 3 heterocycles. The minimum atomic E-state index is -4.25. The van der Waals surface area contributed by atoms with E-state index in [2.05, 4.69) is 5.32 Å². The SMILES string of the molecule is C.C.CNC/C(=C\N)C(=O)N1C[C@@H](COCN2C(=O)OC[C@H]2c2ccccc2)C2(CN(COCC3(C(F)(F)F)CC3)C2)C1. The monoisotopic (exact) mass is 613 g/mol. The summed E-state index contributed by atoms with van der Waals surface area (Å²) in [6.45, 7) is 2.73. The second-order valence-electron chi connectivity index (χ2n) is 11.7. The van der Waals surface area contributed by atoms with Crippen LogP contribution in [0.4, 0.5) is 18.0 Å². The Hall–Kier alpha value is -2.87. The van der Waals surface area contributed by atoms with Gasteiger partial charge in [-0.25, -0.2) is 4.79 Å². The highest BCUT2D eigenvalue weighted by atomic mass is 19.4. The second kappa shape index (κ2) is 13.8. The molecular weight excluding hydrogens is 567 g/mol. The van der Waals surface area contributed by atoms with Crippen LogP contribution in [0.1, 0.15) is 39.3 Å². The van der Waals surface area contributed by atoms with E-state index >= 15 is 0 Å². The predicted molar refractivity (Wildman–Crippen MR) is 155 cm³/mol. The van der Waals surface area contributed by atoms with Crippen molar-refractivity contribution in [2.24, 2.45) is 22.5 Å². The van der Waals surface area contributed by atoms with E-state index in [0.29, 0.717) is 44.9 Å². The number of cyclic esters (lactones) is 1. The lowest BCUT2D eigenvalue weighted by molar-refractivity contribution is -0.209. The number of likely N-dealkylation sites (N-methyl/N-ethyl adjacent to an activating group) is 1. The van der Waals surface area contributed by atoms with Crippen LogP contribution in [0.25, 0.3) is 0 Å². The Morgan fingerprint density at radius 3 is 2.44 bits per heavy atom. The Kier molecular flexibility index (Phi) is 11.1. The molecule has 0 radical (unpaired) electrons. The molecule has 43 heavy (non-hydrogen) atoms. The standard InChI is InChI=1S/C28H38F3N5O5.2CH4/c1-33-10-21(9-32)24(37)35-11-22(12-39-19-36-23(13-41-25(36)38)20-5-3-2-4-6-20)26(16-35)14-34(15-26)18-40-17-27(7-8-27)28(29,30)31;;/h2-6,9,22-23,33H,7-8,10-19,32H2,1H3;2*1H4/b21-9+;;/t22-,23-;;/m0../s1. The summed E-state index contributed by atoms with van der Waals surface area (Å²) >= 11 is 0. The Morgan fingerprint density at radius 2 is 1.84 bits per heavy atom. The largest absolute Gasteiger partial charge is 0.447 e. The summed E-state index contributed by atoms with van der Waals surface area (Å²) in [4.78, 5) is 30.9. The van der Waals surface area contributed by atoms with Crippen molar-refractivity contribution in [3.63, 3.8) is 0 Å². The number of likely N-dealkylation sites (tertiary alicyclic amines) is 2. The van der Waals surface area contributed by atoms with Crippen molar-refractivity contribution in [2.45, 2.75) is 39.9 Å². The average molecular weight is 614 g/mol. The van der Waals surface area contributed by atoms with Gasteiger partial charge in [0.2, 0.25) is 0 Å². The fourth-order valence-electron chi connectivity index (χ4n) is 6.18. The number of rotatable bonds is 12. The van der Waals surface area contributed by atoms with E-state index in [0.717, 1.165) is 5.56 Å². The fourth-order valence-corrected chi connectivity index (χ4v) is 6.18. The molecule has 1 spiro atoms. The molecule has 3 N–H and O–H groups in total. The lowest BCUT2D eigenvalue weighted by Gasteiger charge is -2.50. The van der Waals surface area contributed by atoms with Gasteiger partial charge < -0.3 is 30.2 Å². The minimum Gasteiger partial charge on any atom is -0.447 e. The zero-order valence-corrected chi connectivity index (χ0v) is 23.2. The van der Waals surface area contributed by atoms with Crippen LogP contribution in [0.3, 0.4) is 0 Å². The average Bonchev–Trinajstić information content (AvgIpc) is 3.52. The zero-order chi connectivity index (χ0) is 29.3. The molecule has 242 valence electrons. The van der Waals surface area contributed by atoms with Crippen molar-refractivity contribution in [3.05, 3.63) is 47.7 Å². The first kappa shape index (κ1) is 34.6. The molecule has 0 unspecified atom stereocenters. The third kappa shape index (κ3) is 7.11. The first-order valence-corrected chi connectivity index (χ1v) is 13.9. The lowest BCUT2D eigenvalue weighted by atomic mass is 9.72. The van der Waals surface area contributed by atoms with E-state index < -0.39 is 17.7 Å². The number of nitrogens with two attached hydrogens (primary N) is 1. The Bertz CT molecular complexity index is 1120. The summed E-state index contributed by atoms with van der Waals surface area (Å²) < 4.78 is 56.6. The molecule has 10 nitrogen and oxygen atoms in total. The molecule has 0 bridgehead atoms. The number of carbonyl (C=O) groups is 2. The topological polar surface area (TPSA) is 110 Å². The van der Waals surface area contributed by atoms with Gasteiger partial charge in [0.15, 0.2) is 0 Å². The van der Waals surface area contributed by atoms with E-state index in [-0.39, 0.29) is 77.7 Å². The van der Waals surface area contributed by atoms with Gasteiger partial charge in [-0.3, -0.25) is 14.6 Å². The summed E-state index contributed by atoms with van der Waals surface area (Å²) in [7, 11) is 1.74. The van der Waals surface area contributed by atoms with E-state index in [1.165, 1.54) is 6.20 Å². The minimum absolute atomic E-state index is 0. The maximum atomic E-state index is 13.3.